The molecule has 0 aliphatic carbocycles. The number of hydrogen-bond donors (Lipinski definition) is 2. The minimum absolute atomic E-state index is 0.273. The van der Waals surface area contributed by atoms with Gasteiger partial charge in [-0.3, -0.25) is 0 Å². The van der Waals surface area contributed by atoms with Gasteiger partial charge in [-0.25, -0.2) is 0 Å². The van der Waals surface area contributed by atoms with Gasteiger partial charge in [0.1, 0.15) is 0 Å². The van der Waals surface area contributed by atoms with Crippen LogP contribution >= 0.6 is 0 Å². The van der Waals surface area contributed by atoms with Crippen molar-refractivity contribution in [2.75, 3.05) is 6.61 Å². The first-order chi connectivity index (χ1) is 9.81. The molecule has 0 aliphatic rings. The summed E-state index contributed by atoms with van der Waals surface area (Å²) in [6, 6.07) is 0.286. The Bertz CT molecular complexity index is 204. The van der Waals surface area contributed by atoms with E-state index in [1.54, 1.807) is 0 Å². The molecule has 0 spiro atoms. The largest absolute Gasteiger partial charge is 0.396 e. The summed E-state index contributed by atoms with van der Waals surface area (Å²) >= 11 is 0. The van der Waals surface area contributed by atoms with Gasteiger partial charge in [0.25, 0.3) is 0 Å². The van der Waals surface area contributed by atoms with Crippen LogP contribution in [-0.2, 0) is 0 Å². The van der Waals surface area contributed by atoms with Gasteiger partial charge in [-0.05, 0) is 44.9 Å². The highest BCUT2D eigenvalue weighted by atomic mass is 16.2. The summed E-state index contributed by atoms with van der Waals surface area (Å²) in [5.41, 5.74) is 5.96. The zero-order valence-corrected chi connectivity index (χ0v) is 13.7. The van der Waals surface area contributed by atoms with Crippen LogP contribution in [0, 0.1) is 0 Å². The highest BCUT2D eigenvalue weighted by Gasteiger charge is 2.00. The standard InChI is InChI=1S/C18H37NO/c1-2-3-4-5-6-7-8-9-10-11-12-13-15-18(19)16-14-17-20/h9-10,18,20H,2-8,11-17,19H2,1H3. The van der Waals surface area contributed by atoms with Crippen molar-refractivity contribution in [1.29, 1.82) is 0 Å². The van der Waals surface area contributed by atoms with E-state index in [0.717, 1.165) is 19.3 Å². The van der Waals surface area contributed by atoms with Crippen LogP contribution in [0.5, 0.6) is 0 Å². The van der Waals surface area contributed by atoms with Crippen molar-refractivity contribution in [3.8, 4) is 0 Å². The molecule has 0 saturated carbocycles. The van der Waals surface area contributed by atoms with Crippen LogP contribution in [0.1, 0.15) is 90.4 Å². The summed E-state index contributed by atoms with van der Waals surface area (Å²) in [7, 11) is 0. The van der Waals surface area contributed by atoms with Gasteiger partial charge in [0, 0.05) is 12.6 Å². The third kappa shape index (κ3) is 15.7. The summed E-state index contributed by atoms with van der Waals surface area (Å²) < 4.78 is 0. The second-order valence-corrected chi connectivity index (χ2v) is 5.94. The molecule has 0 fully saturated rings. The molecule has 2 nitrogen and oxygen atoms in total. The van der Waals surface area contributed by atoms with Crippen LogP contribution in [0.4, 0.5) is 0 Å². The second-order valence-electron chi connectivity index (χ2n) is 5.94. The molecule has 0 aromatic carbocycles. The second kappa shape index (κ2) is 16.7. The summed E-state index contributed by atoms with van der Waals surface area (Å²) in [5.74, 6) is 0. The third-order valence-corrected chi connectivity index (χ3v) is 3.82. The highest BCUT2D eigenvalue weighted by Crippen LogP contribution is 2.09. The monoisotopic (exact) mass is 283 g/mol. The fourth-order valence-electron chi connectivity index (χ4n) is 2.44. The van der Waals surface area contributed by atoms with Crippen LogP contribution in [0.15, 0.2) is 12.2 Å². The molecular weight excluding hydrogens is 246 g/mol. The van der Waals surface area contributed by atoms with E-state index in [-0.39, 0.29) is 12.6 Å². The number of aliphatic hydroxyl groups excluding tert-OH is 1. The van der Waals surface area contributed by atoms with Crippen LogP contribution < -0.4 is 5.73 Å². The predicted octanol–water partition coefficient (Wildman–Crippen LogP) is 4.95. The van der Waals surface area contributed by atoms with Crippen LogP contribution in [-0.4, -0.2) is 17.8 Å². The lowest BCUT2D eigenvalue weighted by Gasteiger charge is -2.09. The number of aliphatic hydroxyl groups is 1. The van der Waals surface area contributed by atoms with Gasteiger partial charge in [0.2, 0.25) is 0 Å². The molecule has 20 heavy (non-hydrogen) atoms. The van der Waals surface area contributed by atoms with Crippen LogP contribution in [0.3, 0.4) is 0 Å². The van der Waals surface area contributed by atoms with Crippen molar-refractivity contribution in [2.45, 2.75) is 96.4 Å². The molecule has 0 aromatic rings. The average molecular weight is 283 g/mol. The Labute approximate surface area is 126 Å². The zero-order valence-electron chi connectivity index (χ0n) is 13.7. The molecule has 0 radical (unpaired) electrons. The van der Waals surface area contributed by atoms with Crippen molar-refractivity contribution in [3.05, 3.63) is 12.2 Å². The van der Waals surface area contributed by atoms with E-state index in [2.05, 4.69) is 19.1 Å². The number of hydrogen-bond acceptors (Lipinski definition) is 2. The van der Waals surface area contributed by atoms with E-state index < -0.39 is 0 Å². The third-order valence-electron chi connectivity index (χ3n) is 3.82. The topological polar surface area (TPSA) is 46.2 Å². The molecular formula is C18H37NO. The summed E-state index contributed by atoms with van der Waals surface area (Å²) in [5, 5.41) is 8.72. The first kappa shape index (κ1) is 19.7. The normalized spacial score (nSPS) is 13.2. The summed E-state index contributed by atoms with van der Waals surface area (Å²) in [6.07, 6.45) is 20.8. The van der Waals surface area contributed by atoms with Crippen molar-refractivity contribution in [3.63, 3.8) is 0 Å². The van der Waals surface area contributed by atoms with Gasteiger partial charge >= 0.3 is 0 Å². The Kier molecular flexibility index (Phi) is 16.4. The molecule has 0 aromatic heterocycles. The lowest BCUT2D eigenvalue weighted by atomic mass is 10.0. The Morgan fingerprint density at radius 1 is 0.800 bits per heavy atom. The Hall–Kier alpha value is -0.340. The average Bonchev–Trinajstić information content (AvgIpc) is 2.46. The van der Waals surface area contributed by atoms with Gasteiger partial charge in [-0.1, -0.05) is 57.6 Å². The summed E-state index contributed by atoms with van der Waals surface area (Å²) in [4.78, 5) is 0. The first-order valence-corrected chi connectivity index (χ1v) is 8.82. The van der Waals surface area contributed by atoms with Crippen LogP contribution in [0.25, 0.3) is 0 Å². The van der Waals surface area contributed by atoms with Gasteiger partial charge in [0.05, 0.1) is 0 Å². The highest BCUT2D eigenvalue weighted by molar-refractivity contribution is 4.81. The van der Waals surface area contributed by atoms with Gasteiger partial charge in [-0.2, -0.15) is 0 Å². The van der Waals surface area contributed by atoms with E-state index in [9.17, 15) is 0 Å². The predicted molar refractivity (Wildman–Crippen MR) is 89.9 cm³/mol. The van der Waals surface area contributed by atoms with Crippen molar-refractivity contribution in [2.24, 2.45) is 5.73 Å². The van der Waals surface area contributed by atoms with Gasteiger partial charge in [0.15, 0.2) is 0 Å². The number of unbranched alkanes of at least 4 members (excludes halogenated alkanes) is 8. The Balaban J connectivity index is 3.15. The van der Waals surface area contributed by atoms with E-state index in [1.165, 1.54) is 64.2 Å². The first-order valence-electron chi connectivity index (χ1n) is 8.82. The number of allylic oxidation sites excluding steroid dienone is 2. The zero-order chi connectivity index (χ0) is 14.9. The molecule has 1 atom stereocenters. The maximum atomic E-state index is 8.72. The molecule has 2 heteroatoms. The van der Waals surface area contributed by atoms with Crippen LogP contribution in [0.2, 0.25) is 0 Å². The Morgan fingerprint density at radius 3 is 2.00 bits per heavy atom. The van der Waals surface area contributed by atoms with E-state index >= 15 is 0 Å². The fourth-order valence-corrected chi connectivity index (χ4v) is 2.44. The van der Waals surface area contributed by atoms with Crippen molar-refractivity contribution >= 4 is 0 Å². The van der Waals surface area contributed by atoms with Gasteiger partial charge in [-0.15, -0.1) is 0 Å². The van der Waals surface area contributed by atoms with Gasteiger partial charge < -0.3 is 10.8 Å². The fraction of sp³-hybridized carbons (Fsp3) is 0.889. The molecule has 0 amide bonds. The maximum Gasteiger partial charge on any atom is 0.0431 e. The van der Waals surface area contributed by atoms with E-state index in [1.807, 2.05) is 0 Å². The lowest BCUT2D eigenvalue weighted by molar-refractivity contribution is 0.278. The minimum Gasteiger partial charge on any atom is -0.396 e. The lowest BCUT2D eigenvalue weighted by Crippen LogP contribution is -2.19. The molecule has 0 saturated heterocycles. The molecule has 120 valence electrons. The molecule has 0 bridgehead atoms. The van der Waals surface area contributed by atoms with Crippen molar-refractivity contribution < 1.29 is 5.11 Å². The maximum absolute atomic E-state index is 8.72. The molecule has 0 rings (SSSR count). The minimum atomic E-state index is 0.273. The number of rotatable bonds is 15. The SMILES string of the molecule is CCCCCCCCC=CCCCCC(N)CCCO. The van der Waals surface area contributed by atoms with Crippen molar-refractivity contribution in [1.82, 2.24) is 0 Å². The number of nitrogens with two attached hydrogens (primary N) is 1. The smallest absolute Gasteiger partial charge is 0.0431 e. The molecule has 0 heterocycles. The van der Waals surface area contributed by atoms with E-state index in [4.69, 9.17) is 10.8 Å². The quantitative estimate of drug-likeness (QED) is 0.330. The molecule has 3 N–H and O–H groups in total. The Morgan fingerprint density at radius 2 is 1.35 bits per heavy atom. The summed E-state index contributed by atoms with van der Waals surface area (Å²) in [6.45, 7) is 2.54. The molecule has 0 aliphatic heterocycles. The molecule has 1 unspecified atom stereocenters. The van der Waals surface area contributed by atoms with E-state index in [0.29, 0.717) is 0 Å².